The first kappa shape index (κ1) is 16.0. The molecule has 0 radical (unpaired) electrons. The molecule has 0 amide bonds. The molecule has 0 unspecified atom stereocenters. The lowest BCUT2D eigenvalue weighted by molar-refractivity contribution is 0.480. The first-order valence-electron chi connectivity index (χ1n) is 7.31. The number of hydrogen-bond donors (Lipinski definition) is 1. The summed E-state index contributed by atoms with van der Waals surface area (Å²) < 4.78 is 34.1. The van der Waals surface area contributed by atoms with Gasteiger partial charge in [0, 0.05) is 12.7 Å². The van der Waals surface area contributed by atoms with Gasteiger partial charge in [0.1, 0.15) is 22.2 Å². The number of rotatable bonds is 6. The highest BCUT2D eigenvalue weighted by molar-refractivity contribution is 7.92. The highest BCUT2D eigenvalue weighted by atomic mass is 32.2. The van der Waals surface area contributed by atoms with Crippen molar-refractivity contribution in [2.75, 3.05) is 4.72 Å². The van der Waals surface area contributed by atoms with E-state index < -0.39 is 10.0 Å². The van der Waals surface area contributed by atoms with Gasteiger partial charge in [0.15, 0.2) is 0 Å². The van der Waals surface area contributed by atoms with Crippen LogP contribution < -0.4 is 9.46 Å². The molecule has 2 heterocycles. The van der Waals surface area contributed by atoms with Gasteiger partial charge >= 0.3 is 0 Å². The van der Waals surface area contributed by atoms with E-state index in [1.165, 1.54) is 18.6 Å². The Bertz CT molecular complexity index is 906. The first-order chi connectivity index (χ1) is 11.6. The smallest absolute Gasteiger partial charge is 0.266 e. The summed E-state index contributed by atoms with van der Waals surface area (Å²) in [5.74, 6) is 1.40. The quantitative estimate of drug-likeness (QED) is 0.743. The largest absolute Gasteiger partial charge is 0.456 e. The van der Waals surface area contributed by atoms with Crippen molar-refractivity contribution < 1.29 is 13.2 Å². The summed E-state index contributed by atoms with van der Waals surface area (Å²) in [6.07, 6.45) is 4.23. The average Bonchev–Trinajstić information content (AvgIpc) is 3.08. The number of anilines is 1. The summed E-state index contributed by atoms with van der Waals surface area (Å²) in [4.78, 5) is 4.16. The topological polar surface area (TPSA) is 86.1 Å². The molecule has 3 aromatic rings. The second kappa shape index (κ2) is 6.71. The minimum Gasteiger partial charge on any atom is -0.456 e. The van der Waals surface area contributed by atoms with Gasteiger partial charge in [0.2, 0.25) is 0 Å². The van der Waals surface area contributed by atoms with Crippen molar-refractivity contribution in [2.24, 2.45) is 0 Å². The summed E-state index contributed by atoms with van der Waals surface area (Å²) >= 11 is 0. The molecule has 0 atom stereocenters. The van der Waals surface area contributed by atoms with E-state index in [1.54, 1.807) is 16.8 Å². The predicted octanol–water partition coefficient (Wildman–Crippen LogP) is 2.89. The van der Waals surface area contributed by atoms with E-state index in [1.807, 2.05) is 37.3 Å². The molecule has 2 aromatic heterocycles. The minimum atomic E-state index is -3.71. The van der Waals surface area contributed by atoms with E-state index in [9.17, 15) is 8.42 Å². The molecule has 124 valence electrons. The number of aromatic nitrogens is 3. The van der Waals surface area contributed by atoms with E-state index in [0.717, 1.165) is 0 Å². The molecule has 1 aromatic carbocycles. The lowest BCUT2D eigenvalue weighted by Gasteiger charge is -2.07. The van der Waals surface area contributed by atoms with Crippen molar-refractivity contribution in [3.63, 3.8) is 0 Å². The summed E-state index contributed by atoms with van der Waals surface area (Å²) in [7, 11) is -3.71. The zero-order chi connectivity index (χ0) is 17.0. The van der Waals surface area contributed by atoms with Crippen LogP contribution in [0.3, 0.4) is 0 Å². The van der Waals surface area contributed by atoms with Gasteiger partial charge in [-0.3, -0.25) is 9.40 Å². The Labute approximate surface area is 140 Å². The van der Waals surface area contributed by atoms with Gasteiger partial charge in [-0.15, -0.1) is 0 Å². The number of para-hydroxylation sites is 1. The molecule has 8 heteroatoms. The van der Waals surface area contributed by atoms with Gasteiger partial charge in [0.05, 0.1) is 12.4 Å². The second-order valence-electron chi connectivity index (χ2n) is 4.93. The fraction of sp³-hybridized carbons (Fsp3) is 0.125. The van der Waals surface area contributed by atoms with E-state index in [-0.39, 0.29) is 10.7 Å². The SMILES string of the molecule is CCn1cc(S(=O)(=O)Nc2ccc(Oc3ccccc3)cn2)cn1. The predicted molar refractivity (Wildman–Crippen MR) is 89.5 cm³/mol. The Kier molecular flexibility index (Phi) is 4.48. The number of nitrogens with zero attached hydrogens (tertiary/aromatic N) is 3. The monoisotopic (exact) mass is 344 g/mol. The number of aryl methyl sites for hydroxylation is 1. The van der Waals surface area contributed by atoms with Gasteiger partial charge in [-0.1, -0.05) is 18.2 Å². The number of nitrogens with one attached hydrogen (secondary N) is 1. The summed E-state index contributed by atoms with van der Waals surface area (Å²) in [6, 6.07) is 12.4. The Hall–Kier alpha value is -2.87. The third kappa shape index (κ3) is 3.72. The molecule has 0 aliphatic carbocycles. The third-order valence-corrected chi connectivity index (χ3v) is 4.51. The van der Waals surface area contributed by atoms with Crippen molar-refractivity contribution in [3.05, 3.63) is 61.1 Å². The maximum Gasteiger partial charge on any atom is 0.266 e. The number of hydrogen-bond acceptors (Lipinski definition) is 5. The molecule has 1 N–H and O–H groups in total. The molecule has 0 saturated carbocycles. The van der Waals surface area contributed by atoms with E-state index in [0.29, 0.717) is 18.0 Å². The van der Waals surface area contributed by atoms with Crippen molar-refractivity contribution in [1.82, 2.24) is 14.8 Å². The molecule has 0 aliphatic heterocycles. The lowest BCUT2D eigenvalue weighted by Crippen LogP contribution is -2.13. The summed E-state index contributed by atoms with van der Waals surface area (Å²) in [6.45, 7) is 2.48. The van der Waals surface area contributed by atoms with Crippen LogP contribution in [0.2, 0.25) is 0 Å². The maximum absolute atomic E-state index is 12.3. The van der Waals surface area contributed by atoms with Crippen molar-refractivity contribution in [2.45, 2.75) is 18.4 Å². The maximum atomic E-state index is 12.3. The average molecular weight is 344 g/mol. The number of benzene rings is 1. The highest BCUT2D eigenvalue weighted by Crippen LogP contribution is 2.22. The lowest BCUT2D eigenvalue weighted by atomic mass is 10.3. The van der Waals surface area contributed by atoms with Crippen LogP contribution in [-0.4, -0.2) is 23.2 Å². The van der Waals surface area contributed by atoms with Crippen LogP contribution in [0.25, 0.3) is 0 Å². The second-order valence-corrected chi connectivity index (χ2v) is 6.61. The van der Waals surface area contributed by atoms with Crippen LogP contribution in [0, 0.1) is 0 Å². The van der Waals surface area contributed by atoms with Crippen molar-refractivity contribution in [1.29, 1.82) is 0 Å². The van der Waals surface area contributed by atoms with Crippen molar-refractivity contribution >= 4 is 15.8 Å². The molecule has 24 heavy (non-hydrogen) atoms. The molecule has 0 saturated heterocycles. The van der Waals surface area contributed by atoms with Gasteiger partial charge in [0.25, 0.3) is 10.0 Å². The van der Waals surface area contributed by atoms with E-state index >= 15 is 0 Å². The van der Waals surface area contributed by atoms with Crippen LogP contribution in [0.15, 0.2) is 66.0 Å². The number of ether oxygens (including phenoxy) is 1. The van der Waals surface area contributed by atoms with Crippen LogP contribution in [-0.2, 0) is 16.6 Å². The first-order valence-corrected chi connectivity index (χ1v) is 8.79. The van der Waals surface area contributed by atoms with Gasteiger partial charge in [-0.2, -0.15) is 5.10 Å². The Morgan fingerprint density at radius 3 is 2.50 bits per heavy atom. The van der Waals surface area contributed by atoms with Crippen molar-refractivity contribution in [3.8, 4) is 11.5 Å². The van der Waals surface area contributed by atoms with Gasteiger partial charge in [-0.05, 0) is 31.2 Å². The standard InChI is InChI=1S/C16H16N4O3S/c1-2-20-12-15(11-18-20)24(21,22)19-16-9-8-14(10-17-16)23-13-6-4-3-5-7-13/h3-12H,2H2,1H3,(H,17,19). The molecule has 7 nitrogen and oxygen atoms in total. The van der Waals surface area contributed by atoms with E-state index in [2.05, 4.69) is 14.8 Å². The fourth-order valence-corrected chi connectivity index (χ4v) is 2.94. The minimum absolute atomic E-state index is 0.0933. The summed E-state index contributed by atoms with van der Waals surface area (Å²) in [5.41, 5.74) is 0. The molecule has 0 aliphatic rings. The van der Waals surface area contributed by atoms with Gasteiger partial charge in [-0.25, -0.2) is 13.4 Å². The fourth-order valence-electron chi connectivity index (χ4n) is 1.98. The summed E-state index contributed by atoms with van der Waals surface area (Å²) in [5, 5.41) is 3.96. The van der Waals surface area contributed by atoms with Crippen LogP contribution >= 0.6 is 0 Å². The number of pyridine rings is 1. The van der Waals surface area contributed by atoms with E-state index in [4.69, 9.17) is 4.74 Å². The Morgan fingerprint density at radius 1 is 1.08 bits per heavy atom. The van der Waals surface area contributed by atoms with Crippen LogP contribution in [0.1, 0.15) is 6.92 Å². The molecular weight excluding hydrogens is 328 g/mol. The Balaban J connectivity index is 1.71. The van der Waals surface area contributed by atoms with Crippen LogP contribution in [0.5, 0.6) is 11.5 Å². The molecule has 0 fully saturated rings. The van der Waals surface area contributed by atoms with Crippen LogP contribution in [0.4, 0.5) is 5.82 Å². The zero-order valence-corrected chi connectivity index (χ0v) is 13.8. The molecule has 0 spiro atoms. The molecule has 3 rings (SSSR count). The number of sulfonamides is 1. The molecule has 0 bridgehead atoms. The third-order valence-electron chi connectivity index (χ3n) is 3.20. The van der Waals surface area contributed by atoms with Gasteiger partial charge < -0.3 is 4.74 Å². The zero-order valence-electron chi connectivity index (χ0n) is 13.0. The highest BCUT2D eigenvalue weighted by Gasteiger charge is 2.17. The molecular formula is C16H16N4O3S. The normalized spacial score (nSPS) is 11.2. The Morgan fingerprint density at radius 2 is 1.88 bits per heavy atom.